The second-order valence-corrected chi connectivity index (χ2v) is 9.35. The Morgan fingerprint density at radius 2 is 1.78 bits per heavy atom. The van der Waals surface area contributed by atoms with Gasteiger partial charge in [0.2, 0.25) is 5.75 Å². The summed E-state index contributed by atoms with van der Waals surface area (Å²) < 4.78 is 31.5. The fraction of sp³-hybridized carbons (Fsp3) is 0.286. The Labute approximate surface area is 213 Å². The van der Waals surface area contributed by atoms with Crippen molar-refractivity contribution in [2.75, 3.05) is 27.6 Å². The van der Waals surface area contributed by atoms with Crippen LogP contribution in [0.5, 0.6) is 17.2 Å². The first-order valence-electron chi connectivity index (χ1n) is 11.4. The zero-order chi connectivity index (χ0) is 26.0. The van der Waals surface area contributed by atoms with Crippen LogP contribution in [0.2, 0.25) is 0 Å². The number of methoxy groups -OCH3 is 3. The summed E-state index contributed by atoms with van der Waals surface area (Å²) in [5.41, 5.74) is 3.63. The van der Waals surface area contributed by atoms with Gasteiger partial charge in [0.25, 0.3) is 5.91 Å². The normalized spacial score (nSPS) is 14.2. The predicted octanol–water partition coefficient (Wildman–Crippen LogP) is 5.33. The molecule has 1 aliphatic carbocycles. The Bertz CT molecular complexity index is 1390. The number of hydrogen-bond acceptors (Lipinski definition) is 6. The van der Waals surface area contributed by atoms with E-state index in [1.54, 1.807) is 39.3 Å². The Morgan fingerprint density at radius 3 is 2.44 bits per heavy atom. The second-order valence-electron chi connectivity index (χ2n) is 8.51. The standard InChI is InChI=1S/C28H28FNO5S/c1-15-6-9-20(29)19(12-15)28(32)30-21-10-7-16-13-23(33-2)26(34-3)27(35-4)25(16)17-8-11-24(36-5)22(31)14-18(17)21/h6,8-9,11-14,21H,7,10H2,1-5H3,(H,30,32)/t21-/m0/s1. The molecular weight excluding hydrogens is 481 g/mol. The van der Waals surface area contributed by atoms with Gasteiger partial charge >= 0.3 is 0 Å². The van der Waals surface area contributed by atoms with Gasteiger partial charge in [-0.15, -0.1) is 11.8 Å². The molecule has 0 fully saturated rings. The smallest absolute Gasteiger partial charge is 0.254 e. The molecule has 8 heteroatoms. The van der Waals surface area contributed by atoms with Gasteiger partial charge in [-0.3, -0.25) is 9.59 Å². The number of halogens is 1. The Morgan fingerprint density at radius 1 is 1.03 bits per heavy atom. The fourth-order valence-electron chi connectivity index (χ4n) is 4.67. The molecule has 1 atom stereocenters. The summed E-state index contributed by atoms with van der Waals surface area (Å²) in [5, 5.41) is 2.98. The summed E-state index contributed by atoms with van der Waals surface area (Å²) in [6.45, 7) is 1.80. The molecule has 0 heterocycles. The summed E-state index contributed by atoms with van der Waals surface area (Å²) in [6.07, 6.45) is 2.87. The maximum atomic E-state index is 14.5. The Kier molecular flexibility index (Phi) is 7.54. The van der Waals surface area contributed by atoms with Crippen LogP contribution in [-0.4, -0.2) is 33.5 Å². The molecule has 188 valence electrons. The molecule has 3 aromatic carbocycles. The number of aryl methyl sites for hydroxylation is 2. The van der Waals surface area contributed by atoms with Gasteiger partial charge in [-0.2, -0.15) is 0 Å². The van der Waals surface area contributed by atoms with Crippen molar-refractivity contribution in [1.29, 1.82) is 0 Å². The molecule has 0 aliphatic heterocycles. The fourth-order valence-corrected chi connectivity index (χ4v) is 5.13. The van der Waals surface area contributed by atoms with E-state index in [1.807, 2.05) is 18.4 Å². The molecular formula is C28H28FNO5S. The summed E-state index contributed by atoms with van der Waals surface area (Å²) in [7, 11) is 4.65. The average molecular weight is 510 g/mol. The third kappa shape index (κ3) is 4.65. The number of ether oxygens (including phenoxy) is 3. The third-order valence-electron chi connectivity index (χ3n) is 6.39. The summed E-state index contributed by atoms with van der Waals surface area (Å²) >= 11 is 1.35. The van der Waals surface area contributed by atoms with Crippen molar-refractivity contribution in [3.8, 4) is 28.4 Å². The zero-order valence-electron chi connectivity index (χ0n) is 20.9. The minimum Gasteiger partial charge on any atom is -0.493 e. The van der Waals surface area contributed by atoms with Crippen molar-refractivity contribution in [2.45, 2.75) is 30.7 Å². The van der Waals surface area contributed by atoms with Crippen molar-refractivity contribution in [1.82, 2.24) is 5.32 Å². The van der Waals surface area contributed by atoms with Crippen molar-refractivity contribution < 1.29 is 23.4 Å². The van der Waals surface area contributed by atoms with Crippen LogP contribution in [-0.2, 0) is 6.42 Å². The lowest BCUT2D eigenvalue weighted by molar-refractivity contribution is 0.0930. The first-order chi connectivity index (χ1) is 17.3. The van der Waals surface area contributed by atoms with E-state index in [0.717, 1.165) is 22.3 Å². The van der Waals surface area contributed by atoms with Crippen molar-refractivity contribution in [3.05, 3.63) is 80.8 Å². The molecule has 0 unspecified atom stereocenters. The van der Waals surface area contributed by atoms with Gasteiger partial charge in [0, 0.05) is 5.56 Å². The van der Waals surface area contributed by atoms with E-state index in [0.29, 0.717) is 40.5 Å². The number of fused-ring (bicyclic) bond motifs is 3. The Hall–Kier alpha value is -3.52. The number of nitrogens with one attached hydrogen (secondary N) is 1. The number of rotatable bonds is 6. The zero-order valence-corrected chi connectivity index (χ0v) is 21.7. The first kappa shape index (κ1) is 25.6. The molecule has 1 amide bonds. The average Bonchev–Trinajstić information content (AvgIpc) is 3.12. The van der Waals surface area contributed by atoms with Crippen LogP contribution in [0.3, 0.4) is 0 Å². The highest BCUT2D eigenvalue weighted by Gasteiger charge is 2.30. The maximum absolute atomic E-state index is 14.5. The van der Waals surface area contributed by atoms with Gasteiger partial charge < -0.3 is 19.5 Å². The van der Waals surface area contributed by atoms with Crippen LogP contribution in [0.15, 0.2) is 52.2 Å². The molecule has 1 N–H and O–H groups in total. The van der Waals surface area contributed by atoms with Crippen LogP contribution >= 0.6 is 11.8 Å². The molecule has 0 aromatic heterocycles. The van der Waals surface area contributed by atoms with Crippen LogP contribution in [0, 0.1) is 12.7 Å². The maximum Gasteiger partial charge on any atom is 0.254 e. The SMILES string of the molecule is COc1cc2c(c(OC)c1OC)-c1ccc(SC)c(=O)cc1[C@@H](NC(=O)c1cc(C)ccc1F)CC2. The second kappa shape index (κ2) is 10.6. The number of amides is 1. The highest BCUT2D eigenvalue weighted by atomic mass is 32.2. The molecule has 4 rings (SSSR count). The molecule has 0 radical (unpaired) electrons. The van der Waals surface area contributed by atoms with Crippen LogP contribution in [0.1, 0.15) is 39.5 Å². The molecule has 3 aromatic rings. The summed E-state index contributed by atoms with van der Waals surface area (Å²) in [4.78, 5) is 26.8. The minimum atomic E-state index is -0.598. The predicted molar refractivity (Wildman–Crippen MR) is 139 cm³/mol. The van der Waals surface area contributed by atoms with Crippen LogP contribution in [0.4, 0.5) is 4.39 Å². The first-order valence-corrected chi connectivity index (χ1v) is 12.7. The largest absolute Gasteiger partial charge is 0.493 e. The number of thioether (sulfide) groups is 1. The minimum absolute atomic E-state index is 0.0355. The molecule has 6 nitrogen and oxygen atoms in total. The van der Waals surface area contributed by atoms with Gasteiger partial charge in [0.05, 0.1) is 37.8 Å². The number of carbonyl (C=O) groups is 1. The van der Waals surface area contributed by atoms with Gasteiger partial charge in [-0.1, -0.05) is 17.7 Å². The molecule has 36 heavy (non-hydrogen) atoms. The van der Waals surface area contributed by atoms with E-state index in [1.165, 1.54) is 31.0 Å². The third-order valence-corrected chi connectivity index (χ3v) is 7.17. The van der Waals surface area contributed by atoms with Gasteiger partial charge in [-0.05, 0) is 73.0 Å². The van der Waals surface area contributed by atoms with E-state index in [-0.39, 0.29) is 11.0 Å². The quantitative estimate of drug-likeness (QED) is 0.453. The highest BCUT2D eigenvalue weighted by Crippen LogP contribution is 2.50. The monoisotopic (exact) mass is 509 g/mol. The molecule has 1 aliphatic rings. The van der Waals surface area contributed by atoms with E-state index in [9.17, 15) is 14.0 Å². The Balaban J connectivity index is 1.94. The van der Waals surface area contributed by atoms with Crippen LogP contribution < -0.4 is 25.0 Å². The molecule has 0 saturated carbocycles. The lowest BCUT2D eigenvalue weighted by atomic mass is 9.95. The van der Waals surface area contributed by atoms with Gasteiger partial charge in [0.15, 0.2) is 16.9 Å². The number of hydrogen-bond donors (Lipinski definition) is 1. The van der Waals surface area contributed by atoms with Crippen LogP contribution in [0.25, 0.3) is 11.1 Å². The highest BCUT2D eigenvalue weighted by molar-refractivity contribution is 7.98. The number of benzene rings is 2. The summed E-state index contributed by atoms with van der Waals surface area (Å²) in [6, 6.07) is 11.0. The lowest BCUT2D eigenvalue weighted by Gasteiger charge is -2.20. The molecule has 0 spiro atoms. The topological polar surface area (TPSA) is 73.9 Å². The van der Waals surface area contributed by atoms with E-state index in [4.69, 9.17) is 14.2 Å². The van der Waals surface area contributed by atoms with E-state index >= 15 is 0 Å². The van der Waals surface area contributed by atoms with E-state index in [2.05, 4.69) is 5.32 Å². The summed E-state index contributed by atoms with van der Waals surface area (Å²) in [5.74, 6) is 0.305. The van der Waals surface area contributed by atoms with E-state index < -0.39 is 17.8 Å². The lowest BCUT2D eigenvalue weighted by Crippen LogP contribution is -2.30. The molecule has 0 saturated heterocycles. The van der Waals surface area contributed by atoms with Crippen molar-refractivity contribution in [2.24, 2.45) is 0 Å². The van der Waals surface area contributed by atoms with Crippen molar-refractivity contribution >= 4 is 17.7 Å². The molecule has 0 bridgehead atoms. The van der Waals surface area contributed by atoms with Crippen molar-refractivity contribution in [3.63, 3.8) is 0 Å². The van der Waals surface area contributed by atoms with Gasteiger partial charge in [0.1, 0.15) is 5.82 Å². The van der Waals surface area contributed by atoms with Gasteiger partial charge in [-0.25, -0.2) is 4.39 Å². The number of carbonyl (C=O) groups excluding carboxylic acids is 1.